The molecule has 4 nitrogen and oxygen atoms in total. The molecule has 0 aliphatic heterocycles. The van der Waals surface area contributed by atoms with Crippen molar-refractivity contribution < 1.29 is 19.1 Å². The highest BCUT2D eigenvalue weighted by Crippen LogP contribution is 2.40. The largest absolute Gasteiger partial charge is 0.478 e. The Hall–Kier alpha value is -1.91. The second kappa shape index (κ2) is 5.84. The lowest BCUT2D eigenvalue weighted by Crippen LogP contribution is -2.36. The van der Waals surface area contributed by atoms with Crippen LogP contribution in [-0.4, -0.2) is 17.0 Å². The molecule has 1 aromatic rings. The molecule has 1 aliphatic rings. The van der Waals surface area contributed by atoms with Gasteiger partial charge in [0.1, 0.15) is 5.82 Å². The van der Waals surface area contributed by atoms with Gasteiger partial charge < -0.3 is 10.4 Å². The molecule has 1 saturated carbocycles. The molecule has 0 atom stereocenters. The Balaban J connectivity index is 2.18. The summed E-state index contributed by atoms with van der Waals surface area (Å²) in [6.45, 7) is 3.72. The van der Waals surface area contributed by atoms with Crippen LogP contribution in [0.25, 0.3) is 0 Å². The number of carboxylic acids is 1. The number of hydrogen-bond acceptors (Lipinski definition) is 2. The Morgan fingerprint density at radius 3 is 2.48 bits per heavy atom. The van der Waals surface area contributed by atoms with Gasteiger partial charge in [0, 0.05) is 5.41 Å². The van der Waals surface area contributed by atoms with E-state index in [0.29, 0.717) is 0 Å². The maximum absolute atomic E-state index is 13.8. The van der Waals surface area contributed by atoms with E-state index < -0.39 is 17.2 Å². The number of carbonyl (C=O) groups is 2. The number of halogens is 1. The molecule has 114 valence electrons. The summed E-state index contributed by atoms with van der Waals surface area (Å²) in [6, 6.07) is 3.39. The van der Waals surface area contributed by atoms with Crippen molar-refractivity contribution in [3.63, 3.8) is 0 Å². The topological polar surface area (TPSA) is 66.4 Å². The highest BCUT2D eigenvalue weighted by atomic mass is 19.1. The van der Waals surface area contributed by atoms with Gasteiger partial charge in [-0.15, -0.1) is 0 Å². The van der Waals surface area contributed by atoms with Crippen LogP contribution in [0.15, 0.2) is 18.2 Å². The average molecular weight is 293 g/mol. The Morgan fingerprint density at radius 2 is 1.90 bits per heavy atom. The van der Waals surface area contributed by atoms with Crippen molar-refractivity contribution in [1.82, 2.24) is 0 Å². The molecule has 0 radical (unpaired) electrons. The predicted molar refractivity (Wildman–Crippen MR) is 77.7 cm³/mol. The third-order valence-corrected chi connectivity index (χ3v) is 4.42. The Bertz CT molecular complexity index is 563. The molecule has 0 aromatic heterocycles. The van der Waals surface area contributed by atoms with Gasteiger partial charge >= 0.3 is 5.97 Å². The zero-order valence-electron chi connectivity index (χ0n) is 12.3. The highest BCUT2D eigenvalue weighted by molar-refractivity contribution is 5.96. The molecule has 0 heterocycles. The number of amides is 1. The molecule has 2 rings (SSSR count). The van der Waals surface area contributed by atoms with Crippen molar-refractivity contribution >= 4 is 17.6 Å². The van der Waals surface area contributed by atoms with Crippen molar-refractivity contribution in [2.45, 2.75) is 39.5 Å². The van der Waals surface area contributed by atoms with Crippen LogP contribution in [0.3, 0.4) is 0 Å². The lowest BCUT2D eigenvalue weighted by molar-refractivity contribution is -0.126. The standard InChI is InChI=1S/C16H20FNO3/c1-16(2,11-5-3-4-6-11)15(21)18-13-9-10(14(19)20)7-8-12(13)17/h7-9,11H,3-6H2,1-2H3,(H,18,21)(H,19,20). The van der Waals surface area contributed by atoms with E-state index in [1.807, 2.05) is 13.8 Å². The molecule has 0 unspecified atom stereocenters. The molecule has 1 fully saturated rings. The van der Waals surface area contributed by atoms with Gasteiger partial charge in [-0.05, 0) is 37.0 Å². The van der Waals surface area contributed by atoms with E-state index in [4.69, 9.17) is 5.11 Å². The Labute approximate surface area is 123 Å². The zero-order valence-corrected chi connectivity index (χ0v) is 12.3. The SMILES string of the molecule is CC(C)(C(=O)Nc1cc(C(=O)O)ccc1F)C1CCCC1. The summed E-state index contributed by atoms with van der Waals surface area (Å²) in [6.07, 6.45) is 4.23. The molecule has 1 amide bonds. The van der Waals surface area contributed by atoms with Crippen LogP contribution in [0.5, 0.6) is 0 Å². The molecular formula is C16H20FNO3. The molecule has 0 bridgehead atoms. The van der Waals surface area contributed by atoms with Crippen molar-refractivity contribution in [2.24, 2.45) is 11.3 Å². The molecule has 21 heavy (non-hydrogen) atoms. The number of benzene rings is 1. The third-order valence-electron chi connectivity index (χ3n) is 4.42. The fourth-order valence-electron chi connectivity index (χ4n) is 2.87. The molecular weight excluding hydrogens is 273 g/mol. The summed E-state index contributed by atoms with van der Waals surface area (Å²) in [4.78, 5) is 23.4. The van der Waals surface area contributed by atoms with Gasteiger partial charge in [0.05, 0.1) is 11.3 Å². The smallest absolute Gasteiger partial charge is 0.335 e. The van der Waals surface area contributed by atoms with Gasteiger partial charge in [-0.3, -0.25) is 4.79 Å². The summed E-state index contributed by atoms with van der Waals surface area (Å²) < 4.78 is 13.8. The molecule has 5 heteroatoms. The van der Waals surface area contributed by atoms with Gasteiger partial charge in [-0.1, -0.05) is 26.7 Å². The first-order valence-electron chi connectivity index (χ1n) is 7.16. The van der Waals surface area contributed by atoms with Gasteiger partial charge in [0.15, 0.2) is 0 Å². The predicted octanol–water partition coefficient (Wildman–Crippen LogP) is 3.68. The second-order valence-corrected chi connectivity index (χ2v) is 6.16. The van der Waals surface area contributed by atoms with E-state index in [1.54, 1.807) is 0 Å². The average Bonchev–Trinajstić information content (AvgIpc) is 2.95. The third kappa shape index (κ3) is 3.23. The first kappa shape index (κ1) is 15.5. The maximum atomic E-state index is 13.8. The second-order valence-electron chi connectivity index (χ2n) is 6.16. The number of rotatable bonds is 4. The fraction of sp³-hybridized carbons (Fsp3) is 0.500. The van der Waals surface area contributed by atoms with Crippen LogP contribution in [0.4, 0.5) is 10.1 Å². The Kier molecular flexibility index (Phi) is 4.30. The van der Waals surface area contributed by atoms with Gasteiger partial charge in [-0.25, -0.2) is 9.18 Å². The monoisotopic (exact) mass is 293 g/mol. The number of carboxylic acid groups (broad SMARTS) is 1. The summed E-state index contributed by atoms with van der Waals surface area (Å²) in [7, 11) is 0. The molecule has 2 N–H and O–H groups in total. The van der Waals surface area contributed by atoms with E-state index in [9.17, 15) is 14.0 Å². The van der Waals surface area contributed by atoms with Crippen molar-refractivity contribution in [1.29, 1.82) is 0 Å². The molecule has 1 aromatic carbocycles. The minimum absolute atomic E-state index is 0.0506. The van der Waals surface area contributed by atoms with E-state index in [-0.39, 0.29) is 23.1 Å². The van der Waals surface area contributed by atoms with E-state index in [2.05, 4.69) is 5.32 Å². The number of nitrogens with one attached hydrogen (secondary N) is 1. The molecule has 1 aliphatic carbocycles. The van der Waals surface area contributed by atoms with Crippen LogP contribution in [0.1, 0.15) is 49.9 Å². The summed E-state index contributed by atoms with van der Waals surface area (Å²) in [5.41, 5.74) is -0.723. The lowest BCUT2D eigenvalue weighted by Gasteiger charge is -2.30. The van der Waals surface area contributed by atoms with Crippen molar-refractivity contribution in [3.8, 4) is 0 Å². The minimum atomic E-state index is -1.15. The van der Waals surface area contributed by atoms with E-state index in [1.165, 1.54) is 6.07 Å². The summed E-state index contributed by atoms with van der Waals surface area (Å²) in [5.74, 6) is -1.77. The number of carbonyl (C=O) groups excluding carboxylic acids is 1. The normalized spacial score (nSPS) is 16.0. The van der Waals surface area contributed by atoms with Crippen LogP contribution in [-0.2, 0) is 4.79 Å². The molecule has 0 saturated heterocycles. The van der Waals surface area contributed by atoms with Gasteiger partial charge in [0.2, 0.25) is 5.91 Å². The molecule has 0 spiro atoms. The lowest BCUT2D eigenvalue weighted by atomic mass is 9.77. The quantitative estimate of drug-likeness (QED) is 0.890. The van der Waals surface area contributed by atoms with Crippen molar-refractivity contribution in [3.05, 3.63) is 29.6 Å². The summed E-state index contributed by atoms with van der Waals surface area (Å²) >= 11 is 0. The van der Waals surface area contributed by atoms with Crippen LogP contribution in [0, 0.1) is 17.2 Å². The first-order chi connectivity index (χ1) is 9.82. The maximum Gasteiger partial charge on any atom is 0.335 e. The van der Waals surface area contributed by atoms with Gasteiger partial charge in [-0.2, -0.15) is 0 Å². The summed E-state index contributed by atoms with van der Waals surface area (Å²) in [5, 5.41) is 11.5. The van der Waals surface area contributed by atoms with Crippen LogP contribution >= 0.6 is 0 Å². The van der Waals surface area contributed by atoms with Crippen molar-refractivity contribution in [2.75, 3.05) is 5.32 Å². The number of aromatic carboxylic acids is 1. The highest BCUT2D eigenvalue weighted by Gasteiger charge is 2.38. The Morgan fingerprint density at radius 1 is 1.29 bits per heavy atom. The minimum Gasteiger partial charge on any atom is -0.478 e. The van der Waals surface area contributed by atoms with E-state index in [0.717, 1.165) is 37.8 Å². The van der Waals surface area contributed by atoms with E-state index >= 15 is 0 Å². The number of anilines is 1. The van der Waals surface area contributed by atoms with Crippen LogP contribution < -0.4 is 5.32 Å². The first-order valence-corrected chi connectivity index (χ1v) is 7.16. The van der Waals surface area contributed by atoms with Crippen LogP contribution in [0.2, 0.25) is 0 Å². The van der Waals surface area contributed by atoms with Gasteiger partial charge in [0.25, 0.3) is 0 Å². The zero-order chi connectivity index (χ0) is 15.6. The fourth-order valence-corrected chi connectivity index (χ4v) is 2.87. The number of hydrogen-bond donors (Lipinski definition) is 2.